The monoisotopic (exact) mass is 370 g/mol. The van der Waals surface area contributed by atoms with E-state index in [-0.39, 0.29) is 11.8 Å². The number of hydrogen-bond acceptors (Lipinski definition) is 2. The molecule has 4 nitrogen and oxygen atoms in total. The Morgan fingerprint density at radius 2 is 1.81 bits per heavy atom. The number of carbonyl (C=O) groups is 2. The number of aryl methyl sites for hydroxylation is 1. The summed E-state index contributed by atoms with van der Waals surface area (Å²) in [6.45, 7) is 4.28. The molecule has 0 aliphatic carbocycles. The predicted octanol–water partition coefficient (Wildman–Crippen LogP) is 3.96. The number of anilines is 1. The van der Waals surface area contributed by atoms with Gasteiger partial charge in [0.15, 0.2) is 0 Å². The fourth-order valence-corrected chi connectivity index (χ4v) is 3.42. The second-order valence-corrected chi connectivity index (χ2v) is 7.50. The van der Waals surface area contributed by atoms with Crippen LogP contribution in [0.25, 0.3) is 0 Å². The zero-order valence-corrected chi connectivity index (χ0v) is 15.8. The molecule has 0 saturated heterocycles. The van der Waals surface area contributed by atoms with Gasteiger partial charge in [-0.05, 0) is 49.9 Å². The molecule has 0 radical (unpaired) electrons. The van der Waals surface area contributed by atoms with Crippen molar-refractivity contribution >= 4 is 29.1 Å². The minimum Gasteiger partial charge on any atom is -0.351 e. The smallest absolute Gasteiger partial charge is 0.242 e. The highest BCUT2D eigenvalue weighted by Crippen LogP contribution is 2.31. The van der Waals surface area contributed by atoms with Gasteiger partial charge in [0.2, 0.25) is 11.8 Å². The minimum absolute atomic E-state index is 0.179. The first-order chi connectivity index (χ1) is 12.4. The van der Waals surface area contributed by atoms with E-state index in [1.165, 1.54) is 0 Å². The number of para-hydroxylation sites is 1. The summed E-state index contributed by atoms with van der Waals surface area (Å²) in [5.74, 6) is -0.480. The van der Waals surface area contributed by atoms with Crippen molar-refractivity contribution in [2.45, 2.75) is 33.2 Å². The number of benzene rings is 2. The van der Waals surface area contributed by atoms with Crippen LogP contribution in [0.1, 0.15) is 31.4 Å². The van der Waals surface area contributed by atoms with Gasteiger partial charge in [-0.3, -0.25) is 9.59 Å². The van der Waals surface area contributed by atoms with Gasteiger partial charge in [-0.25, -0.2) is 0 Å². The summed E-state index contributed by atoms with van der Waals surface area (Å²) < 4.78 is 0. The molecule has 0 aromatic heterocycles. The van der Waals surface area contributed by atoms with Crippen molar-refractivity contribution in [2.75, 3.05) is 11.4 Å². The maximum Gasteiger partial charge on any atom is 0.242 e. The lowest BCUT2D eigenvalue weighted by atomic mass is 9.88. The van der Waals surface area contributed by atoms with Gasteiger partial charge in [0.25, 0.3) is 0 Å². The molecule has 3 rings (SSSR count). The summed E-state index contributed by atoms with van der Waals surface area (Å²) >= 11 is 6.14. The molecular formula is C21H23ClN2O2. The maximum absolute atomic E-state index is 13.1. The molecule has 0 spiro atoms. The molecule has 5 heteroatoms. The average Bonchev–Trinajstić information content (AvgIpc) is 2.66. The van der Waals surface area contributed by atoms with E-state index in [1.54, 1.807) is 24.8 Å². The third-order valence-corrected chi connectivity index (χ3v) is 5.22. The largest absolute Gasteiger partial charge is 0.351 e. The van der Waals surface area contributed by atoms with Gasteiger partial charge in [0.1, 0.15) is 5.41 Å². The van der Waals surface area contributed by atoms with Gasteiger partial charge in [-0.1, -0.05) is 48.0 Å². The van der Waals surface area contributed by atoms with Crippen molar-refractivity contribution in [1.82, 2.24) is 5.32 Å². The second kappa shape index (κ2) is 7.50. The van der Waals surface area contributed by atoms with Crippen LogP contribution in [-0.4, -0.2) is 18.4 Å². The Balaban J connectivity index is 1.74. The number of rotatable bonds is 4. The molecule has 1 heterocycles. The molecule has 2 aromatic carbocycles. The van der Waals surface area contributed by atoms with Crippen LogP contribution in [0.5, 0.6) is 0 Å². The topological polar surface area (TPSA) is 49.4 Å². The molecular weight excluding hydrogens is 348 g/mol. The quantitative estimate of drug-likeness (QED) is 0.828. The summed E-state index contributed by atoms with van der Waals surface area (Å²) in [5, 5.41) is 3.45. The molecule has 2 amide bonds. The fourth-order valence-electron chi connectivity index (χ4n) is 3.22. The van der Waals surface area contributed by atoms with Gasteiger partial charge in [-0.15, -0.1) is 0 Å². The summed E-state index contributed by atoms with van der Waals surface area (Å²) in [4.78, 5) is 27.6. The summed E-state index contributed by atoms with van der Waals surface area (Å²) in [7, 11) is 0. The molecule has 2 aromatic rings. The standard InChI is InChI=1S/C21H23ClN2O2/c1-21(2,19(25)23-14-16-9-3-5-11-17(16)22)20(26)24-13-7-10-15-8-4-6-12-18(15)24/h3-6,8-9,11-12H,7,10,13-14H2,1-2H3,(H,23,25). The van der Waals surface area contributed by atoms with Crippen LogP contribution in [-0.2, 0) is 22.6 Å². The lowest BCUT2D eigenvalue weighted by Gasteiger charge is -2.35. The second-order valence-electron chi connectivity index (χ2n) is 7.09. The van der Waals surface area contributed by atoms with Crippen molar-refractivity contribution in [2.24, 2.45) is 5.41 Å². The first-order valence-corrected chi connectivity index (χ1v) is 9.20. The number of nitrogens with one attached hydrogen (secondary N) is 1. The molecule has 26 heavy (non-hydrogen) atoms. The van der Waals surface area contributed by atoms with Gasteiger partial charge in [0, 0.05) is 23.8 Å². The van der Waals surface area contributed by atoms with Gasteiger partial charge in [0.05, 0.1) is 0 Å². The number of nitrogens with zero attached hydrogens (tertiary/aromatic N) is 1. The van der Waals surface area contributed by atoms with Crippen molar-refractivity contribution in [3.05, 3.63) is 64.7 Å². The zero-order chi connectivity index (χ0) is 18.7. The maximum atomic E-state index is 13.1. The zero-order valence-electron chi connectivity index (χ0n) is 15.1. The fraction of sp³-hybridized carbons (Fsp3) is 0.333. The first-order valence-electron chi connectivity index (χ1n) is 8.83. The van der Waals surface area contributed by atoms with Crippen molar-refractivity contribution < 1.29 is 9.59 Å². The van der Waals surface area contributed by atoms with Crippen molar-refractivity contribution in [3.8, 4) is 0 Å². The summed E-state index contributed by atoms with van der Waals surface area (Å²) in [6, 6.07) is 15.2. The Bertz CT molecular complexity index is 832. The van der Waals surface area contributed by atoms with Crippen molar-refractivity contribution in [1.29, 1.82) is 0 Å². The van der Waals surface area contributed by atoms with E-state index in [0.717, 1.165) is 29.7 Å². The molecule has 136 valence electrons. The Kier molecular flexibility index (Phi) is 5.33. The lowest BCUT2D eigenvalue weighted by molar-refractivity contribution is -0.140. The first kappa shape index (κ1) is 18.5. The van der Waals surface area contributed by atoms with Crippen LogP contribution in [0, 0.1) is 5.41 Å². The van der Waals surface area contributed by atoms with Gasteiger partial charge >= 0.3 is 0 Å². The van der Waals surface area contributed by atoms with Gasteiger partial charge < -0.3 is 10.2 Å². The number of halogens is 1. The molecule has 0 saturated carbocycles. The van der Waals surface area contributed by atoms with E-state index in [9.17, 15) is 9.59 Å². The molecule has 0 fully saturated rings. The van der Waals surface area contributed by atoms with Crippen molar-refractivity contribution in [3.63, 3.8) is 0 Å². The van der Waals surface area contributed by atoms with E-state index < -0.39 is 5.41 Å². The predicted molar refractivity (Wildman–Crippen MR) is 104 cm³/mol. The molecule has 0 atom stereocenters. The number of fused-ring (bicyclic) bond motifs is 1. The third-order valence-electron chi connectivity index (χ3n) is 4.85. The van der Waals surface area contributed by atoms with Crippen LogP contribution in [0.2, 0.25) is 5.02 Å². The van der Waals surface area contributed by atoms with E-state index in [4.69, 9.17) is 11.6 Å². The highest BCUT2D eigenvalue weighted by molar-refractivity contribution is 6.31. The Morgan fingerprint density at radius 3 is 2.58 bits per heavy atom. The van der Waals surface area contributed by atoms with E-state index in [1.807, 2.05) is 42.5 Å². The average molecular weight is 371 g/mol. The van der Waals surface area contributed by atoms with E-state index in [0.29, 0.717) is 18.1 Å². The van der Waals surface area contributed by atoms with Crippen LogP contribution >= 0.6 is 11.6 Å². The highest BCUT2D eigenvalue weighted by Gasteiger charge is 2.40. The van der Waals surface area contributed by atoms with Crippen LogP contribution in [0.3, 0.4) is 0 Å². The third kappa shape index (κ3) is 3.61. The molecule has 1 aliphatic rings. The summed E-state index contributed by atoms with van der Waals surface area (Å²) in [6.07, 6.45) is 1.86. The van der Waals surface area contributed by atoms with E-state index in [2.05, 4.69) is 5.32 Å². The van der Waals surface area contributed by atoms with Crippen LogP contribution in [0.15, 0.2) is 48.5 Å². The normalized spacial score (nSPS) is 13.9. The Morgan fingerprint density at radius 1 is 1.12 bits per heavy atom. The number of carbonyl (C=O) groups excluding carboxylic acids is 2. The molecule has 1 aliphatic heterocycles. The van der Waals surface area contributed by atoms with Crippen LogP contribution in [0.4, 0.5) is 5.69 Å². The minimum atomic E-state index is -1.16. The Hall–Kier alpha value is -2.33. The number of hydrogen-bond donors (Lipinski definition) is 1. The summed E-state index contributed by atoms with van der Waals surface area (Å²) in [5.41, 5.74) is 1.73. The molecule has 0 unspecified atom stereocenters. The van der Waals surface area contributed by atoms with Crippen LogP contribution < -0.4 is 10.2 Å². The molecule has 0 bridgehead atoms. The Labute approximate surface area is 159 Å². The van der Waals surface area contributed by atoms with E-state index >= 15 is 0 Å². The highest BCUT2D eigenvalue weighted by atomic mass is 35.5. The SMILES string of the molecule is CC(C)(C(=O)NCc1ccccc1Cl)C(=O)N1CCCc2ccccc21. The van der Waals surface area contributed by atoms with Gasteiger partial charge in [-0.2, -0.15) is 0 Å². The molecule has 1 N–H and O–H groups in total. The lowest BCUT2D eigenvalue weighted by Crippen LogP contribution is -2.50. The number of amides is 2.